The van der Waals surface area contributed by atoms with E-state index in [1.807, 2.05) is 24.5 Å². The third-order valence-electron chi connectivity index (χ3n) is 4.82. The van der Waals surface area contributed by atoms with Crippen molar-refractivity contribution in [2.75, 3.05) is 45.2 Å². The first-order chi connectivity index (χ1) is 12.1. The second-order valence-electron chi connectivity index (χ2n) is 6.62. The Morgan fingerprint density at radius 1 is 1.40 bits per heavy atom. The van der Waals surface area contributed by atoms with E-state index < -0.39 is 0 Å². The molecule has 2 aromatic rings. The molecule has 0 aliphatic carbocycles. The normalized spacial score (nSPS) is 16.1. The maximum absolute atomic E-state index is 11.5. The summed E-state index contributed by atoms with van der Waals surface area (Å²) in [5.74, 6) is 0.723. The van der Waals surface area contributed by atoms with Gasteiger partial charge in [-0.05, 0) is 59.9 Å². The number of likely N-dealkylation sites (tertiary alicyclic amines) is 1. The number of aromatic nitrogens is 2. The van der Waals surface area contributed by atoms with Gasteiger partial charge in [-0.15, -0.1) is 0 Å². The summed E-state index contributed by atoms with van der Waals surface area (Å²) >= 11 is 3.45. The molecule has 1 aliphatic rings. The number of pyridine rings is 2. The van der Waals surface area contributed by atoms with Crippen LogP contribution < -0.4 is 10.2 Å². The molecule has 0 atom stereocenters. The van der Waals surface area contributed by atoms with Gasteiger partial charge in [-0.2, -0.15) is 0 Å². The van der Waals surface area contributed by atoms with E-state index in [4.69, 9.17) is 0 Å². The van der Waals surface area contributed by atoms with Crippen molar-refractivity contribution in [3.8, 4) is 0 Å². The number of anilines is 1. The predicted octanol–water partition coefficient (Wildman–Crippen LogP) is 2.29. The molecule has 1 N–H and O–H groups in total. The Morgan fingerprint density at radius 2 is 2.16 bits per heavy atom. The highest BCUT2D eigenvalue weighted by atomic mass is 79.9. The predicted molar refractivity (Wildman–Crippen MR) is 104 cm³/mol. The Bertz CT molecular complexity index is 745. The van der Waals surface area contributed by atoms with Crippen LogP contribution in [0.4, 0.5) is 5.69 Å². The number of hydrogen-bond acceptors (Lipinski definition) is 5. The fraction of sp³-hybridized carbons (Fsp3) is 0.500. The van der Waals surface area contributed by atoms with Crippen molar-refractivity contribution in [3.05, 3.63) is 29.0 Å². The molecule has 0 spiro atoms. The molecule has 0 bridgehead atoms. The number of carbonyl (C=O) groups is 1. The van der Waals surface area contributed by atoms with Crippen LogP contribution in [0.1, 0.15) is 12.8 Å². The number of piperidine rings is 1. The van der Waals surface area contributed by atoms with Gasteiger partial charge in [0.15, 0.2) is 0 Å². The van der Waals surface area contributed by atoms with Crippen molar-refractivity contribution in [2.24, 2.45) is 5.92 Å². The Morgan fingerprint density at radius 3 is 2.88 bits per heavy atom. The van der Waals surface area contributed by atoms with Gasteiger partial charge in [0.25, 0.3) is 0 Å². The van der Waals surface area contributed by atoms with E-state index in [-0.39, 0.29) is 5.91 Å². The summed E-state index contributed by atoms with van der Waals surface area (Å²) in [6.45, 7) is 3.46. The number of carbonyl (C=O) groups excluding carboxylic acids is 1. The molecule has 0 radical (unpaired) electrons. The first-order valence-corrected chi connectivity index (χ1v) is 9.40. The quantitative estimate of drug-likeness (QED) is 0.826. The SMILES string of the molecule is CNC(=O)CN1CCC(CN(C)c2ccnc3cc(Br)cnc23)CC1. The second kappa shape index (κ2) is 8.10. The van der Waals surface area contributed by atoms with Crippen LogP contribution in [0.3, 0.4) is 0 Å². The largest absolute Gasteiger partial charge is 0.372 e. The smallest absolute Gasteiger partial charge is 0.233 e. The summed E-state index contributed by atoms with van der Waals surface area (Å²) in [7, 11) is 3.81. The van der Waals surface area contributed by atoms with E-state index in [0.717, 1.165) is 53.7 Å². The minimum Gasteiger partial charge on any atom is -0.372 e. The molecule has 1 amide bonds. The maximum Gasteiger partial charge on any atom is 0.233 e. The van der Waals surface area contributed by atoms with Crippen LogP contribution in [-0.4, -0.2) is 61.0 Å². The average Bonchev–Trinajstić information content (AvgIpc) is 2.62. The standard InChI is InChI=1S/C18H24BrN5O/c1-20-17(25)12-24-7-4-13(5-8-24)11-23(2)16-3-6-21-15-9-14(19)10-22-18(15)16/h3,6,9-10,13H,4-5,7-8,11-12H2,1-2H3,(H,20,25). The van der Waals surface area contributed by atoms with Crippen molar-refractivity contribution in [3.63, 3.8) is 0 Å². The molecule has 7 heteroatoms. The molecule has 3 rings (SSSR count). The highest BCUT2D eigenvalue weighted by Gasteiger charge is 2.22. The third kappa shape index (κ3) is 4.46. The molecule has 1 saturated heterocycles. The zero-order chi connectivity index (χ0) is 17.8. The van der Waals surface area contributed by atoms with Crippen molar-refractivity contribution < 1.29 is 4.79 Å². The Kier molecular flexibility index (Phi) is 5.86. The molecule has 25 heavy (non-hydrogen) atoms. The topological polar surface area (TPSA) is 61.4 Å². The summed E-state index contributed by atoms with van der Waals surface area (Å²) < 4.78 is 0.941. The molecular formula is C18H24BrN5O. The molecule has 0 aromatic carbocycles. The number of nitrogens with zero attached hydrogens (tertiary/aromatic N) is 4. The van der Waals surface area contributed by atoms with Crippen LogP contribution in [0.15, 0.2) is 29.0 Å². The number of nitrogens with one attached hydrogen (secondary N) is 1. The lowest BCUT2D eigenvalue weighted by Gasteiger charge is -2.34. The van der Waals surface area contributed by atoms with E-state index in [1.165, 1.54) is 0 Å². The van der Waals surface area contributed by atoms with Gasteiger partial charge in [0.05, 0.1) is 17.7 Å². The number of fused-ring (bicyclic) bond motifs is 1. The van der Waals surface area contributed by atoms with Gasteiger partial charge in [-0.3, -0.25) is 19.7 Å². The summed E-state index contributed by atoms with van der Waals surface area (Å²) in [5, 5.41) is 2.69. The van der Waals surface area contributed by atoms with Gasteiger partial charge in [0.2, 0.25) is 5.91 Å². The molecule has 1 aliphatic heterocycles. The van der Waals surface area contributed by atoms with Crippen LogP contribution >= 0.6 is 15.9 Å². The fourth-order valence-electron chi connectivity index (χ4n) is 3.39. The Labute approximate surface area is 156 Å². The lowest BCUT2D eigenvalue weighted by Crippen LogP contribution is -2.42. The van der Waals surface area contributed by atoms with Gasteiger partial charge in [-0.25, -0.2) is 0 Å². The lowest BCUT2D eigenvalue weighted by atomic mass is 9.96. The summed E-state index contributed by atoms with van der Waals surface area (Å²) in [4.78, 5) is 25.0. The minimum absolute atomic E-state index is 0.0936. The molecule has 6 nitrogen and oxygen atoms in total. The first-order valence-electron chi connectivity index (χ1n) is 8.61. The van der Waals surface area contributed by atoms with Gasteiger partial charge in [0, 0.05) is 37.5 Å². The summed E-state index contributed by atoms with van der Waals surface area (Å²) in [5.41, 5.74) is 2.95. The number of halogens is 1. The van der Waals surface area contributed by atoms with E-state index >= 15 is 0 Å². The fourth-order valence-corrected chi connectivity index (χ4v) is 3.71. The zero-order valence-corrected chi connectivity index (χ0v) is 16.3. The zero-order valence-electron chi connectivity index (χ0n) is 14.7. The van der Waals surface area contributed by atoms with Gasteiger partial charge >= 0.3 is 0 Å². The van der Waals surface area contributed by atoms with Crippen molar-refractivity contribution >= 4 is 38.6 Å². The van der Waals surface area contributed by atoms with Crippen LogP contribution in [-0.2, 0) is 4.79 Å². The first kappa shape index (κ1) is 18.1. The second-order valence-corrected chi connectivity index (χ2v) is 7.54. The van der Waals surface area contributed by atoms with E-state index in [2.05, 4.69) is 48.1 Å². The molecule has 1 fully saturated rings. The summed E-state index contributed by atoms with van der Waals surface area (Å²) in [6, 6.07) is 4.03. The van der Waals surface area contributed by atoms with Gasteiger partial charge < -0.3 is 10.2 Å². The minimum atomic E-state index is 0.0936. The average molecular weight is 406 g/mol. The number of likely N-dealkylation sites (N-methyl/N-ethyl adjacent to an activating group) is 1. The van der Waals surface area contributed by atoms with Crippen molar-refractivity contribution in [1.82, 2.24) is 20.2 Å². The summed E-state index contributed by atoms with van der Waals surface area (Å²) in [6.07, 6.45) is 5.89. The van der Waals surface area contributed by atoms with E-state index in [0.29, 0.717) is 12.5 Å². The lowest BCUT2D eigenvalue weighted by molar-refractivity contribution is -0.122. The van der Waals surface area contributed by atoms with Crippen LogP contribution in [0.5, 0.6) is 0 Å². The Hall–Kier alpha value is -1.73. The van der Waals surface area contributed by atoms with Gasteiger partial charge in [0.1, 0.15) is 5.52 Å². The van der Waals surface area contributed by atoms with Crippen molar-refractivity contribution in [2.45, 2.75) is 12.8 Å². The molecule has 0 unspecified atom stereocenters. The van der Waals surface area contributed by atoms with Crippen LogP contribution in [0.25, 0.3) is 11.0 Å². The van der Waals surface area contributed by atoms with E-state index in [9.17, 15) is 4.79 Å². The number of amides is 1. The molecule has 0 saturated carbocycles. The highest BCUT2D eigenvalue weighted by molar-refractivity contribution is 9.10. The Balaban J connectivity index is 1.62. The van der Waals surface area contributed by atoms with E-state index in [1.54, 1.807) is 7.05 Å². The van der Waals surface area contributed by atoms with Gasteiger partial charge in [-0.1, -0.05) is 0 Å². The molecule has 2 aromatic heterocycles. The molecule has 3 heterocycles. The third-order valence-corrected chi connectivity index (χ3v) is 5.25. The highest BCUT2D eigenvalue weighted by Crippen LogP contribution is 2.27. The van der Waals surface area contributed by atoms with Crippen molar-refractivity contribution in [1.29, 1.82) is 0 Å². The molecule has 134 valence electrons. The monoisotopic (exact) mass is 405 g/mol. The van der Waals surface area contributed by atoms with Crippen LogP contribution in [0, 0.1) is 5.92 Å². The van der Waals surface area contributed by atoms with Crippen LogP contribution in [0.2, 0.25) is 0 Å². The molecular weight excluding hydrogens is 382 g/mol. The maximum atomic E-state index is 11.5. The number of rotatable bonds is 5. The number of hydrogen-bond donors (Lipinski definition) is 1.